The van der Waals surface area contributed by atoms with Crippen LogP contribution in [0.25, 0.3) is 0 Å². The molecule has 0 unspecified atom stereocenters. The van der Waals surface area contributed by atoms with Crippen molar-refractivity contribution in [2.75, 3.05) is 7.11 Å². The minimum absolute atomic E-state index is 0.0930. The number of halogens is 3. The Labute approximate surface area is 149 Å². The van der Waals surface area contributed by atoms with E-state index in [4.69, 9.17) is 39.5 Å². The summed E-state index contributed by atoms with van der Waals surface area (Å²) in [5.41, 5.74) is 0.860. The van der Waals surface area contributed by atoms with Crippen LogP contribution in [-0.4, -0.2) is 22.6 Å². The van der Waals surface area contributed by atoms with E-state index in [0.717, 1.165) is 0 Å². The summed E-state index contributed by atoms with van der Waals surface area (Å²) >= 11 is 17.7. The van der Waals surface area contributed by atoms with Crippen LogP contribution in [0, 0.1) is 0 Å². The Bertz CT molecular complexity index is 713. The third-order valence-electron chi connectivity index (χ3n) is 2.85. The lowest BCUT2D eigenvalue weighted by molar-refractivity contribution is 0.0973. The van der Waals surface area contributed by atoms with Crippen LogP contribution in [0.5, 0.6) is 5.75 Å². The zero-order valence-corrected chi connectivity index (χ0v) is 14.4. The molecule has 1 amide bonds. The van der Waals surface area contributed by atoms with Gasteiger partial charge in [0.25, 0.3) is 5.91 Å². The molecular weight excluding hydrogens is 359 g/mol. The number of aliphatic imine (C=N–C) groups is 1. The predicted molar refractivity (Wildman–Crippen MR) is 94.3 cm³/mol. The van der Waals surface area contributed by atoms with Crippen molar-refractivity contribution in [3.8, 4) is 5.75 Å². The number of hydrogen-bond donors (Lipinski definition) is 1. The normalized spacial score (nSPS) is 11.9. The number of carbonyl (C=O) groups is 1. The Balaban J connectivity index is 2.32. The number of ether oxygens (including phenoxy) is 1. The van der Waals surface area contributed by atoms with Crippen molar-refractivity contribution in [2.24, 2.45) is 4.99 Å². The highest BCUT2D eigenvalue weighted by Gasteiger charge is 2.30. The number of amides is 1. The van der Waals surface area contributed by atoms with Crippen molar-refractivity contribution in [1.29, 1.82) is 0 Å². The monoisotopic (exact) mass is 370 g/mol. The predicted octanol–water partition coefficient (Wildman–Crippen LogP) is 4.53. The van der Waals surface area contributed by atoms with Crippen molar-refractivity contribution in [3.63, 3.8) is 0 Å². The van der Waals surface area contributed by atoms with E-state index in [0.29, 0.717) is 17.0 Å². The van der Waals surface area contributed by atoms with E-state index < -0.39 is 9.70 Å². The molecule has 2 rings (SSSR count). The van der Waals surface area contributed by atoms with E-state index in [1.807, 2.05) is 6.07 Å². The first-order valence-corrected chi connectivity index (χ1v) is 7.70. The fourth-order valence-corrected chi connectivity index (χ4v) is 2.07. The third kappa shape index (κ3) is 4.86. The highest BCUT2D eigenvalue weighted by atomic mass is 35.6. The first kappa shape index (κ1) is 17.6. The van der Waals surface area contributed by atoms with Gasteiger partial charge in [-0.2, -0.15) is 0 Å². The number of hydrogen-bond acceptors (Lipinski definition) is 3. The fourth-order valence-electron chi connectivity index (χ4n) is 1.80. The molecule has 0 fully saturated rings. The van der Waals surface area contributed by atoms with Crippen LogP contribution in [0.4, 0.5) is 5.69 Å². The van der Waals surface area contributed by atoms with Gasteiger partial charge in [0.1, 0.15) is 5.75 Å². The zero-order valence-electron chi connectivity index (χ0n) is 12.1. The van der Waals surface area contributed by atoms with Crippen LogP contribution in [-0.2, 0) is 0 Å². The van der Waals surface area contributed by atoms with Gasteiger partial charge in [-0.25, -0.2) is 4.99 Å². The summed E-state index contributed by atoms with van der Waals surface area (Å²) in [5.74, 6) is -0.165. The van der Waals surface area contributed by atoms with Gasteiger partial charge < -0.3 is 10.1 Å². The molecular formula is C16H13Cl3N2O2. The quantitative estimate of drug-likeness (QED) is 0.490. The van der Waals surface area contributed by atoms with E-state index >= 15 is 0 Å². The van der Waals surface area contributed by atoms with Crippen LogP contribution in [0.15, 0.2) is 59.6 Å². The standard InChI is InChI=1S/C16H13Cl3N2O2/c1-23-13-10-6-5-9-12(13)14(22)21-15(16(17,18)19)20-11-7-3-2-4-8-11/h2-10H,1H3,(H,20,21,22). The van der Waals surface area contributed by atoms with E-state index in [9.17, 15) is 4.79 Å². The Morgan fingerprint density at radius 2 is 1.65 bits per heavy atom. The van der Waals surface area contributed by atoms with Gasteiger partial charge in [0.15, 0.2) is 5.84 Å². The molecule has 0 saturated carbocycles. The summed E-state index contributed by atoms with van der Waals surface area (Å²) in [6, 6.07) is 15.6. The van der Waals surface area contributed by atoms with Crippen molar-refractivity contribution >= 4 is 52.2 Å². The van der Waals surface area contributed by atoms with Crippen LogP contribution in [0.3, 0.4) is 0 Å². The minimum atomic E-state index is -1.88. The molecule has 2 aromatic carbocycles. The molecule has 0 aliphatic carbocycles. The Kier molecular flexibility index (Phi) is 5.88. The Hall–Kier alpha value is -1.75. The number of methoxy groups -OCH3 is 1. The number of amidine groups is 1. The summed E-state index contributed by atoms with van der Waals surface area (Å²) in [6.07, 6.45) is 0. The summed E-state index contributed by atoms with van der Waals surface area (Å²) in [7, 11) is 1.47. The second-order valence-corrected chi connectivity index (χ2v) is 6.73. The molecule has 120 valence electrons. The summed E-state index contributed by atoms with van der Waals surface area (Å²) in [5, 5.41) is 2.53. The smallest absolute Gasteiger partial charge is 0.260 e. The lowest BCUT2D eigenvalue weighted by atomic mass is 10.2. The lowest BCUT2D eigenvalue weighted by Gasteiger charge is -2.16. The molecule has 7 heteroatoms. The molecule has 2 aromatic rings. The van der Waals surface area contributed by atoms with Gasteiger partial charge >= 0.3 is 0 Å². The molecule has 0 aliphatic rings. The van der Waals surface area contributed by atoms with E-state index in [2.05, 4.69) is 10.3 Å². The molecule has 0 bridgehead atoms. The van der Waals surface area contributed by atoms with E-state index in [1.54, 1.807) is 48.5 Å². The summed E-state index contributed by atoms with van der Waals surface area (Å²) < 4.78 is 3.27. The number of para-hydroxylation sites is 2. The topological polar surface area (TPSA) is 50.7 Å². The molecule has 1 N–H and O–H groups in total. The highest BCUT2D eigenvalue weighted by molar-refractivity contribution is 6.77. The number of rotatable bonds is 3. The van der Waals surface area contributed by atoms with Gasteiger partial charge in [0.2, 0.25) is 3.79 Å². The maximum Gasteiger partial charge on any atom is 0.260 e. The molecule has 23 heavy (non-hydrogen) atoms. The molecule has 0 spiro atoms. The van der Waals surface area contributed by atoms with Crippen LogP contribution in [0.2, 0.25) is 0 Å². The largest absolute Gasteiger partial charge is 0.496 e. The van der Waals surface area contributed by atoms with Crippen LogP contribution < -0.4 is 10.1 Å². The minimum Gasteiger partial charge on any atom is -0.496 e. The number of alkyl halides is 3. The highest BCUT2D eigenvalue weighted by Crippen LogP contribution is 2.29. The van der Waals surface area contributed by atoms with Crippen LogP contribution >= 0.6 is 34.8 Å². The average Bonchev–Trinajstić information content (AvgIpc) is 2.54. The van der Waals surface area contributed by atoms with Gasteiger partial charge in [0.05, 0.1) is 18.4 Å². The Morgan fingerprint density at radius 3 is 2.26 bits per heavy atom. The first-order chi connectivity index (χ1) is 10.9. The number of benzene rings is 2. The molecule has 0 atom stereocenters. The molecule has 0 radical (unpaired) electrons. The maximum atomic E-state index is 12.4. The molecule has 0 saturated heterocycles. The maximum absolute atomic E-state index is 12.4. The van der Waals surface area contributed by atoms with E-state index in [1.165, 1.54) is 7.11 Å². The SMILES string of the molecule is COc1ccccc1C(=O)NC(=Nc1ccccc1)C(Cl)(Cl)Cl. The molecule has 4 nitrogen and oxygen atoms in total. The lowest BCUT2D eigenvalue weighted by Crippen LogP contribution is -2.39. The van der Waals surface area contributed by atoms with E-state index in [-0.39, 0.29) is 5.84 Å². The summed E-state index contributed by atoms with van der Waals surface area (Å²) in [4.78, 5) is 16.6. The van der Waals surface area contributed by atoms with Gasteiger partial charge in [0, 0.05) is 0 Å². The van der Waals surface area contributed by atoms with Gasteiger partial charge in [-0.15, -0.1) is 0 Å². The zero-order chi connectivity index (χ0) is 16.9. The first-order valence-electron chi connectivity index (χ1n) is 6.57. The second kappa shape index (κ2) is 7.68. The fraction of sp³-hybridized carbons (Fsp3) is 0.125. The number of nitrogens with one attached hydrogen (secondary N) is 1. The molecule has 0 aromatic heterocycles. The molecule has 0 aliphatic heterocycles. The van der Waals surface area contributed by atoms with Gasteiger partial charge in [-0.3, -0.25) is 4.79 Å². The van der Waals surface area contributed by atoms with Crippen molar-refractivity contribution in [2.45, 2.75) is 3.79 Å². The molecule has 0 heterocycles. The second-order valence-electron chi connectivity index (χ2n) is 4.45. The number of nitrogens with zero attached hydrogens (tertiary/aromatic N) is 1. The summed E-state index contributed by atoms with van der Waals surface area (Å²) in [6.45, 7) is 0. The third-order valence-corrected chi connectivity index (χ3v) is 3.39. The van der Waals surface area contributed by atoms with Gasteiger partial charge in [-0.05, 0) is 24.3 Å². The van der Waals surface area contributed by atoms with Crippen molar-refractivity contribution in [3.05, 3.63) is 60.2 Å². The van der Waals surface area contributed by atoms with Crippen LogP contribution in [0.1, 0.15) is 10.4 Å². The number of carbonyl (C=O) groups excluding carboxylic acids is 1. The van der Waals surface area contributed by atoms with Crippen molar-refractivity contribution < 1.29 is 9.53 Å². The van der Waals surface area contributed by atoms with Crippen molar-refractivity contribution in [1.82, 2.24) is 5.32 Å². The average molecular weight is 372 g/mol. The Morgan fingerprint density at radius 1 is 1.04 bits per heavy atom. The van der Waals surface area contributed by atoms with Gasteiger partial charge in [-0.1, -0.05) is 65.1 Å².